The second-order valence-corrected chi connectivity index (χ2v) is 3.13. The molecule has 7 heteroatoms. The first kappa shape index (κ1) is 13.8. The summed E-state index contributed by atoms with van der Waals surface area (Å²) in [6.45, 7) is -0.360. The van der Waals surface area contributed by atoms with Crippen molar-refractivity contribution in [1.29, 1.82) is 0 Å². The quantitative estimate of drug-likeness (QED) is 0.326. The van der Waals surface area contributed by atoms with Crippen molar-refractivity contribution in [2.75, 3.05) is 13.1 Å². The minimum atomic E-state index is -1.14. The number of nitrogens with one attached hydrogen (secondary N) is 1. The molecule has 6 N–H and O–H groups in total. The van der Waals surface area contributed by atoms with Crippen LogP contribution in [-0.4, -0.2) is 52.5 Å². The number of aliphatic hydroxyl groups is 1. The summed E-state index contributed by atoms with van der Waals surface area (Å²) in [6, 6.07) is -0.970. The molecule has 0 aliphatic heterocycles. The first-order chi connectivity index (χ1) is 6.97. The smallest absolute Gasteiger partial charge is 0.320 e. The maximum atomic E-state index is 10.6. The molecule has 0 aromatic heterocycles. The molecule has 0 aromatic carbocycles. The number of carbonyl (C=O) groups is 2. The van der Waals surface area contributed by atoms with E-state index < -0.39 is 30.6 Å². The molecule has 0 radical (unpaired) electrons. The van der Waals surface area contributed by atoms with Crippen molar-refractivity contribution in [2.24, 2.45) is 5.73 Å². The zero-order chi connectivity index (χ0) is 11.8. The van der Waals surface area contributed by atoms with Gasteiger partial charge in [0.1, 0.15) is 6.04 Å². The zero-order valence-electron chi connectivity index (χ0n) is 8.22. The fourth-order valence-corrected chi connectivity index (χ4v) is 1.00. The van der Waals surface area contributed by atoms with Crippen molar-refractivity contribution < 1.29 is 24.9 Å². The lowest BCUT2D eigenvalue weighted by molar-refractivity contribution is -0.140. The summed E-state index contributed by atoms with van der Waals surface area (Å²) in [5.74, 6) is -2.26. The van der Waals surface area contributed by atoms with Crippen molar-refractivity contribution in [3.05, 3.63) is 0 Å². The van der Waals surface area contributed by atoms with E-state index in [1.807, 2.05) is 0 Å². The minimum absolute atomic E-state index is 0.0608. The number of aliphatic hydroxyl groups excluding tert-OH is 1. The maximum Gasteiger partial charge on any atom is 0.320 e. The number of carboxylic acids is 2. The first-order valence-corrected chi connectivity index (χ1v) is 4.53. The highest BCUT2D eigenvalue weighted by Crippen LogP contribution is 2.01. The van der Waals surface area contributed by atoms with Gasteiger partial charge in [0.15, 0.2) is 0 Å². The van der Waals surface area contributed by atoms with E-state index in [1.165, 1.54) is 0 Å². The summed E-state index contributed by atoms with van der Waals surface area (Å²) in [5.41, 5.74) is 5.14. The first-order valence-electron chi connectivity index (χ1n) is 4.53. The Morgan fingerprint density at radius 3 is 2.27 bits per heavy atom. The molecular weight excluding hydrogens is 204 g/mol. The van der Waals surface area contributed by atoms with E-state index >= 15 is 0 Å². The highest BCUT2D eigenvalue weighted by Gasteiger charge is 2.18. The molecule has 0 amide bonds. The number of hydrogen-bond donors (Lipinski definition) is 5. The van der Waals surface area contributed by atoms with Crippen LogP contribution in [0.25, 0.3) is 0 Å². The molecule has 88 valence electrons. The Hall–Kier alpha value is -1.18. The molecule has 0 bridgehead atoms. The molecule has 0 rings (SSSR count). The van der Waals surface area contributed by atoms with E-state index in [9.17, 15) is 9.59 Å². The average Bonchev–Trinajstić information content (AvgIpc) is 2.16. The fraction of sp³-hybridized carbons (Fsp3) is 0.750. The Bertz CT molecular complexity index is 221. The molecule has 0 saturated carbocycles. The monoisotopic (exact) mass is 220 g/mol. The number of rotatable bonds is 8. The number of carboxylic acid groups (broad SMARTS) is 2. The normalized spacial score (nSPS) is 14.5. The summed E-state index contributed by atoms with van der Waals surface area (Å²) in [7, 11) is 0. The van der Waals surface area contributed by atoms with Gasteiger partial charge in [-0.3, -0.25) is 14.9 Å². The lowest BCUT2D eigenvalue weighted by atomic mass is 10.1. The van der Waals surface area contributed by atoms with Crippen LogP contribution in [0.3, 0.4) is 0 Å². The van der Waals surface area contributed by atoms with Gasteiger partial charge < -0.3 is 21.1 Å². The maximum absolute atomic E-state index is 10.6. The van der Waals surface area contributed by atoms with E-state index in [2.05, 4.69) is 5.32 Å². The largest absolute Gasteiger partial charge is 0.480 e. The number of nitrogens with two attached hydrogens (primary N) is 1. The van der Waals surface area contributed by atoms with Crippen molar-refractivity contribution >= 4 is 11.9 Å². The van der Waals surface area contributed by atoms with E-state index in [0.29, 0.717) is 0 Å². The molecule has 0 fully saturated rings. The summed E-state index contributed by atoms with van der Waals surface area (Å²) in [5, 5.41) is 28.5. The summed E-state index contributed by atoms with van der Waals surface area (Å²) < 4.78 is 0. The predicted octanol–water partition coefficient (Wildman–Crippen LogP) is -1.79. The highest BCUT2D eigenvalue weighted by atomic mass is 16.4. The van der Waals surface area contributed by atoms with Gasteiger partial charge in [-0.05, 0) is 12.8 Å². The molecule has 0 aromatic rings. The SMILES string of the molecule is NC[C@H](O)CC[C@H](NCC(=O)O)C(=O)O. The molecule has 15 heavy (non-hydrogen) atoms. The standard InChI is InChI=1S/C8H16N2O5/c9-3-5(11)1-2-6(8(14)15)10-4-7(12)13/h5-6,10-11H,1-4,9H2,(H,12,13)(H,14,15)/t5-,6+/m1/s1. The molecule has 0 saturated heterocycles. The number of hydrogen-bond acceptors (Lipinski definition) is 5. The molecule has 0 unspecified atom stereocenters. The molecule has 0 aliphatic carbocycles. The lowest BCUT2D eigenvalue weighted by Crippen LogP contribution is -2.40. The Morgan fingerprint density at radius 1 is 1.27 bits per heavy atom. The summed E-state index contributed by atoms with van der Waals surface area (Å²) in [6.07, 6.45) is -0.389. The highest BCUT2D eigenvalue weighted by molar-refractivity contribution is 5.75. The van der Waals surface area contributed by atoms with Gasteiger partial charge in [0, 0.05) is 6.54 Å². The second-order valence-electron chi connectivity index (χ2n) is 3.13. The van der Waals surface area contributed by atoms with Crippen molar-refractivity contribution in [3.63, 3.8) is 0 Å². The third kappa shape index (κ3) is 6.83. The fourth-order valence-electron chi connectivity index (χ4n) is 1.00. The van der Waals surface area contributed by atoms with E-state index in [0.717, 1.165) is 0 Å². The van der Waals surface area contributed by atoms with Gasteiger partial charge in [0.05, 0.1) is 12.6 Å². The Morgan fingerprint density at radius 2 is 1.87 bits per heavy atom. The number of aliphatic carboxylic acids is 2. The predicted molar refractivity (Wildman–Crippen MR) is 51.4 cm³/mol. The van der Waals surface area contributed by atoms with Crippen LogP contribution in [0.5, 0.6) is 0 Å². The van der Waals surface area contributed by atoms with Crippen LogP contribution in [0, 0.1) is 0 Å². The third-order valence-electron chi connectivity index (χ3n) is 1.86. The van der Waals surface area contributed by atoms with Crippen LogP contribution in [0.4, 0.5) is 0 Å². The van der Waals surface area contributed by atoms with Crippen molar-refractivity contribution in [2.45, 2.75) is 25.0 Å². The van der Waals surface area contributed by atoms with Gasteiger partial charge in [-0.25, -0.2) is 0 Å². The minimum Gasteiger partial charge on any atom is -0.480 e. The van der Waals surface area contributed by atoms with Gasteiger partial charge >= 0.3 is 11.9 Å². The van der Waals surface area contributed by atoms with E-state index in [4.69, 9.17) is 21.1 Å². The van der Waals surface area contributed by atoms with Crippen LogP contribution >= 0.6 is 0 Å². The zero-order valence-corrected chi connectivity index (χ0v) is 8.22. The van der Waals surface area contributed by atoms with Crippen molar-refractivity contribution in [1.82, 2.24) is 5.32 Å². The van der Waals surface area contributed by atoms with Gasteiger partial charge in [0.25, 0.3) is 0 Å². The Balaban J connectivity index is 3.94. The molecule has 0 aliphatic rings. The van der Waals surface area contributed by atoms with Crippen LogP contribution in [0.15, 0.2) is 0 Å². The lowest BCUT2D eigenvalue weighted by Gasteiger charge is -2.14. The average molecular weight is 220 g/mol. The van der Waals surface area contributed by atoms with Crippen LogP contribution in [0.1, 0.15) is 12.8 Å². The van der Waals surface area contributed by atoms with Crippen LogP contribution in [0.2, 0.25) is 0 Å². The third-order valence-corrected chi connectivity index (χ3v) is 1.86. The van der Waals surface area contributed by atoms with Gasteiger partial charge in [-0.1, -0.05) is 0 Å². The Kier molecular flexibility index (Phi) is 6.59. The van der Waals surface area contributed by atoms with Crippen LogP contribution in [-0.2, 0) is 9.59 Å². The molecule has 0 spiro atoms. The van der Waals surface area contributed by atoms with E-state index in [1.54, 1.807) is 0 Å². The van der Waals surface area contributed by atoms with E-state index in [-0.39, 0.29) is 19.4 Å². The van der Waals surface area contributed by atoms with Gasteiger partial charge in [-0.15, -0.1) is 0 Å². The Labute approximate surface area is 86.9 Å². The van der Waals surface area contributed by atoms with Gasteiger partial charge in [-0.2, -0.15) is 0 Å². The molecular formula is C8H16N2O5. The molecule has 2 atom stereocenters. The molecule has 0 heterocycles. The van der Waals surface area contributed by atoms with Crippen LogP contribution < -0.4 is 11.1 Å². The second kappa shape index (κ2) is 7.16. The summed E-state index contributed by atoms with van der Waals surface area (Å²) >= 11 is 0. The van der Waals surface area contributed by atoms with Gasteiger partial charge in [0.2, 0.25) is 0 Å². The molecule has 7 nitrogen and oxygen atoms in total. The van der Waals surface area contributed by atoms with Crippen molar-refractivity contribution in [3.8, 4) is 0 Å². The topological polar surface area (TPSA) is 133 Å². The summed E-state index contributed by atoms with van der Waals surface area (Å²) in [4.78, 5) is 20.8.